The Balaban J connectivity index is 1.71. The molecular weight excluding hydrogens is 440 g/mol. The molecule has 176 valence electrons. The first-order valence-electron chi connectivity index (χ1n) is 10.2. The van der Waals surface area contributed by atoms with Crippen molar-refractivity contribution in [2.24, 2.45) is 5.73 Å². The number of furan rings is 1. The van der Waals surface area contributed by atoms with Crippen molar-refractivity contribution in [3.05, 3.63) is 54.0 Å². The summed E-state index contributed by atoms with van der Waals surface area (Å²) in [6.45, 7) is 0.287. The molecule has 2 heterocycles. The summed E-state index contributed by atoms with van der Waals surface area (Å²) >= 11 is 0. The minimum atomic E-state index is -1.08. The Labute approximate surface area is 187 Å². The van der Waals surface area contributed by atoms with Crippen LogP contribution in [0.4, 0.5) is 19.3 Å². The number of nitrogens with zero attached hydrogens (tertiary/aromatic N) is 1. The summed E-state index contributed by atoms with van der Waals surface area (Å²) in [6.07, 6.45) is 1.95. The summed E-state index contributed by atoms with van der Waals surface area (Å²) in [7, 11) is 0. The van der Waals surface area contributed by atoms with Gasteiger partial charge in [-0.25, -0.2) is 13.6 Å². The second-order valence-corrected chi connectivity index (χ2v) is 7.40. The molecule has 0 spiro atoms. The van der Waals surface area contributed by atoms with Gasteiger partial charge in [-0.3, -0.25) is 14.4 Å². The molecule has 2 aromatic rings. The number of rotatable bonds is 8. The largest absolute Gasteiger partial charge is 0.459 e. The van der Waals surface area contributed by atoms with E-state index in [-0.39, 0.29) is 37.4 Å². The highest BCUT2D eigenvalue weighted by atomic mass is 19.1. The Hall–Kier alpha value is -3.96. The zero-order valence-electron chi connectivity index (χ0n) is 17.5. The Morgan fingerprint density at radius 2 is 1.97 bits per heavy atom. The lowest BCUT2D eigenvalue weighted by molar-refractivity contribution is -0.125. The number of benzene rings is 1. The van der Waals surface area contributed by atoms with Crippen molar-refractivity contribution in [3.8, 4) is 0 Å². The van der Waals surface area contributed by atoms with Gasteiger partial charge < -0.3 is 31.0 Å². The van der Waals surface area contributed by atoms with Gasteiger partial charge in [0.15, 0.2) is 5.76 Å². The number of carbonyl (C=O) groups is 4. The van der Waals surface area contributed by atoms with Crippen molar-refractivity contribution in [1.82, 2.24) is 15.5 Å². The van der Waals surface area contributed by atoms with Crippen molar-refractivity contribution >= 4 is 29.4 Å². The number of likely N-dealkylation sites (tertiary alicyclic amines) is 1. The fourth-order valence-corrected chi connectivity index (χ4v) is 3.53. The first kappa shape index (κ1) is 23.7. The minimum absolute atomic E-state index is 0.0278. The molecule has 1 aliphatic rings. The van der Waals surface area contributed by atoms with Crippen LogP contribution in [0.1, 0.15) is 29.8 Å². The van der Waals surface area contributed by atoms with Crippen LogP contribution in [0.25, 0.3) is 0 Å². The third-order valence-electron chi connectivity index (χ3n) is 5.05. The van der Waals surface area contributed by atoms with Crippen LogP contribution in [0.3, 0.4) is 0 Å². The quantitative estimate of drug-likeness (QED) is 0.437. The number of halogens is 2. The molecule has 0 saturated carbocycles. The second kappa shape index (κ2) is 10.6. The Morgan fingerprint density at radius 1 is 1.18 bits per heavy atom. The van der Waals surface area contributed by atoms with E-state index in [1.807, 2.05) is 0 Å². The number of nitrogens with two attached hydrogens (primary N) is 1. The van der Waals surface area contributed by atoms with Gasteiger partial charge in [0.05, 0.1) is 18.0 Å². The molecule has 2 unspecified atom stereocenters. The Bertz CT molecular complexity index is 1030. The molecule has 33 heavy (non-hydrogen) atoms. The molecule has 1 saturated heterocycles. The summed E-state index contributed by atoms with van der Waals surface area (Å²) < 4.78 is 32.0. The van der Waals surface area contributed by atoms with Gasteiger partial charge in [-0.1, -0.05) is 0 Å². The van der Waals surface area contributed by atoms with Gasteiger partial charge in [0.25, 0.3) is 5.91 Å². The molecule has 1 aromatic heterocycles. The van der Waals surface area contributed by atoms with E-state index < -0.39 is 47.5 Å². The molecule has 1 fully saturated rings. The molecule has 12 heteroatoms. The van der Waals surface area contributed by atoms with Crippen molar-refractivity contribution in [1.29, 1.82) is 0 Å². The van der Waals surface area contributed by atoms with Crippen LogP contribution in [-0.4, -0.2) is 53.8 Å². The summed E-state index contributed by atoms with van der Waals surface area (Å²) in [5.74, 6) is -3.32. The molecule has 1 aromatic carbocycles. The minimum Gasteiger partial charge on any atom is -0.459 e. The van der Waals surface area contributed by atoms with Crippen LogP contribution in [0.2, 0.25) is 0 Å². The number of primary amides is 1. The van der Waals surface area contributed by atoms with Gasteiger partial charge in [-0.05, 0) is 37.1 Å². The first-order valence-corrected chi connectivity index (χ1v) is 10.2. The summed E-state index contributed by atoms with van der Waals surface area (Å²) in [4.78, 5) is 50.3. The fraction of sp³-hybridized carbons (Fsp3) is 0.333. The molecule has 0 radical (unpaired) electrons. The number of urea groups is 1. The van der Waals surface area contributed by atoms with Crippen molar-refractivity contribution in [2.75, 3.05) is 18.4 Å². The van der Waals surface area contributed by atoms with Crippen molar-refractivity contribution in [2.45, 2.75) is 31.3 Å². The molecule has 0 bridgehead atoms. The highest BCUT2D eigenvalue weighted by Gasteiger charge is 2.43. The lowest BCUT2D eigenvalue weighted by atomic mass is 10.1. The number of anilines is 1. The lowest BCUT2D eigenvalue weighted by Crippen LogP contribution is -2.55. The number of hydrogen-bond acceptors (Lipinski definition) is 5. The highest BCUT2D eigenvalue weighted by molar-refractivity contribution is 5.97. The maximum Gasteiger partial charge on any atom is 0.319 e. The van der Waals surface area contributed by atoms with Gasteiger partial charge in [0, 0.05) is 25.6 Å². The Morgan fingerprint density at radius 3 is 2.64 bits per heavy atom. The van der Waals surface area contributed by atoms with Crippen LogP contribution in [0, 0.1) is 11.6 Å². The number of nitrogens with one attached hydrogen (secondary N) is 3. The third-order valence-corrected chi connectivity index (χ3v) is 5.05. The molecule has 5 N–H and O–H groups in total. The lowest BCUT2D eigenvalue weighted by Gasteiger charge is -2.27. The first-order chi connectivity index (χ1) is 15.8. The topological polar surface area (TPSA) is 147 Å². The van der Waals surface area contributed by atoms with Crippen LogP contribution in [-0.2, 0) is 9.59 Å². The molecular formula is C21H23F2N5O5. The second-order valence-electron chi connectivity index (χ2n) is 7.40. The van der Waals surface area contributed by atoms with E-state index in [0.717, 1.165) is 12.1 Å². The van der Waals surface area contributed by atoms with Gasteiger partial charge in [0.2, 0.25) is 11.8 Å². The normalized spacial score (nSPS) is 17.5. The van der Waals surface area contributed by atoms with E-state index in [1.165, 1.54) is 23.3 Å². The molecule has 0 aliphatic carbocycles. The van der Waals surface area contributed by atoms with E-state index in [1.54, 1.807) is 0 Å². The number of carbonyl (C=O) groups excluding carboxylic acids is 4. The molecule has 3 rings (SSSR count). The fourth-order valence-electron chi connectivity index (χ4n) is 3.53. The van der Waals surface area contributed by atoms with E-state index >= 15 is 0 Å². The van der Waals surface area contributed by atoms with E-state index in [9.17, 15) is 28.0 Å². The summed E-state index contributed by atoms with van der Waals surface area (Å²) in [5, 5.41) is 7.47. The zero-order valence-corrected chi connectivity index (χ0v) is 17.5. The van der Waals surface area contributed by atoms with Crippen LogP contribution in [0.15, 0.2) is 41.0 Å². The van der Waals surface area contributed by atoms with E-state index in [4.69, 9.17) is 10.2 Å². The smallest absolute Gasteiger partial charge is 0.319 e. The predicted octanol–water partition coefficient (Wildman–Crippen LogP) is 1.34. The predicted molar refractivity (Wildman–Crippen MR) is 112 cm³/mol. The summed E-state index contributed by atoms with van der Waals surface area (Å²) in [6, 6.07) is 2.94. The maximum atomic E-state index is 13.8. The summed E-state index contributed by atoms with van der Waals surface area (Å²) in [5.41, 5.74) is 4.84. The number of hydrogen-bond donors (Lipinski definition) is 4. The molecule has 1 aliphatic heterocycles. The average molecular weight is 463 g/mol. The average Bonchev–Trinajstić information content (AvgIpc) is 3.43. The van der Waals surface area contributed by atoms with Gasteiger partial charge in [-0.15, -0.1) is 0 Å². The van der Waals surface area contributed by atoms with E-state index in [0.29, 0.717) is 12.5 Å². The standard InChI is InChI=1S/C21H23F2N5O5/c22-12-5-6-14(13(23)11-12)26-21(32)27-15-7-9-28(20(31)16-3-2-10-33-16)18(15)19(30)25-8-1-4-17(24)29/h2-3,5-6,10-11,15,18H,1,4,7-9H2,(H2,24,29)(H,25,30)(H2,26,27,32). The van der Waals surface area contributed by atoms with Gasteiger partial charge >= 0.3 is 6.03 Å². The van der Waals surface area contributed by atoms with Crippen LogP contribution < -0.4 is 21.7 Å². The van der Waals surface area contributed by atoms with Crippen LogP contribution in [0.5, 0.6) is 0 Å². The van der Waals surface area contributed by atoms with E-state index in [2.05, 4.69) is 16.0 Å². The Kier molecular flexibility index (Phi) is 7.59. The number of amides is 5. The van der Waals surface area contributed by atoms with Crippen molar-refractivity contribution < 1.29 is 32.4 Å². The zero-order chi connectivity index (χ0) is 24.0. The SMILES string of the molecule is NC(=O)CCCNC(=O)C1C(NC(=O)Nc2ccc(F)cc2F)CCN1C(=O)c1ccco1. The third kappa shape index (κ3) is 6.05. The van der Waals surface area contributed by atoms with Crippen LogP contribution >= 0.6 is 0 Å². The maximum absolute atomic E-state index is 13.8. The molecule has 10 nitrogen and oxygen atoms in total. The van der Waals surface area contributed by atoms with Gasteiger partial charge in [0.1, 0.15) is 17.7 Å². The molecule has 2 atom stereocenters. The highest BCUT2D eigenvalue weighted by Crippen LogP contribution is 2.22. The monoisotopic (exact) mass is 463 g/mol. The van der Waals surface area contributed by atoms with Gasteiger partial charge in [-0.2, -0.15) is 0 Å². The molecule has 5 amide bonds. The van der Waals surface area contributed by atoms with Crippen molar-refractivity contribution in [3.63, 3.8) is 0 Å².